The molecule has 0 saturated carbocycles. The Morgan fingerprint density at radius 1 is 1.04 bits per heavy atom. The molecule has 0 radical (unpaired) electrons. The monoisotopic (exact) mass is 363 g/mol. The van der Waals surface area contributed by atoms with Crippen LogP contribution in [0.2, 0.25) is 0 Å². The standard InChI is InChI=1S/C17H18FN3O3S/c1-22-14-9-8-11(15(23-2)16(14)24-3)10-19-21-17(25)20-13-7-5-4-6-12(13)18/h4-10H,1-3H3,(H2,20,21,25)/b19-10-. The van der Waals surface area contributed by atoms with Gasteiger partial charge >= 0.3 is 0 Å². The Hall–Kier alpha value is -2.87. The van der Waals surface area contributed by atoms with E-state index in [0.29, 0.717) is 22.8 Å². The highest BCUT2D eigenvalue weighted by Crippen LogP contribution is 2.38. The van der Waals surface area contributed by atoms with Crippen LogP contribution in [0.15, 0.2) is 41.5 Å². The Labute approximate surface area is 150 Å². The first-order valence-electron chi connectivity index (χ1n) is 7.24. The molecular weight excluding hydrogens is 345 g/mol. The molecule has 2 N–H and O–H groups in total. The lowest BCUT2D eigenvalue weighted by atomic mass is 10.2. The summed E-state index contributed by atoms with van der Waals surface area (Å²) in [6, 6.07) is 9.70. The van der Waals surface area contributed by atoms with Gasteiger partial charge in [-0.15, -0.1) is 0 Å². The summed E-state index contributed by atoms with van der Waals surface area (Å²) < 4.78 is 29.4. The molecule has 0 atom stereocenters. The first kappa shape index (κ1) is 18.5. The Morgan fingerprint density at radius 2 is 1.76 bits per heavy atom. The largest absolute Gasteiger partial charge is 0.493 e. The van der Waals surface area contributed by atoms with Gasteiger partial charge in [-0.2, -0.15) is 5.10 Å². The summed E-state index contributed by atoms with van der Waals surface area (Å²) in [4.78, 5) is 0. The van der Waals surface area contributed by atoms with Gasteiger partial charge in [0.15, 0.2) is 16.6 Å². The third kappa shape index (κ3) is 4.57. The van der Waals surface area contributed by atoms with Crippen LogP contribution in [0.3, 0.4) is 0 Å². The van der Waals surface area contributed by atoms with E-state index >= 15 is 0 Å². The lowest BCUT2D eigenvalue weighted by Crippen LogP contribution is -2.24. The molecular formula is C17H18FN3O3S. The van der Waals surface area contributed by atoms with Crippen molar-refractivity contribution in [2.75, 3.05) is 26.6 Å². The maximum Gasteiger partial charge on any atom is 0.203 e. The normalized spacial score (nSPS) is 10.4. The third-order valence-electron chi connectivity index (χ3n) is 3.23. The van der Waals surface area contributed by atoms with Crippen molar-refractivity contribution in [2.24, 2.45) is 5.10 Å². The minimum atomic E-state index is -0.405. The van der Waals surface area contributed by atoms with Crippen molar-refractivity contribution in [1.29, 1.82) is 0 Å². The topological polar surface area (TPSA) is 64.1 Å². The van der Waals surface area contributed by atoms with Gasteiger partial charge in [0.1, 0.15) is 5.82 Å². The quantitative estimate of drug-likeness (QED) is 0.467. The number of nitrogens with zero attached hydrogens (tertiary/aromatic N) is 1. The van der Waals surface area contributed by atoms with Crippen LogP contribution in [0.1, 0.15) is 5.56 Å². The summed E-state index contributed by atoms with van der Waals surface area (Å²) in [5.41, 5.74) is 3.54. The highest BCUT2D eigenvalue weighted by molar-refractivity contribution is 7.80. The molecule has 2 aromatic carbocycles. The fourth-order valence-electron chi connectivity index (χ4n) is 2.10. The summed E-state index contributed by atoms with van der Waals surface area (Å²) in [7, 11) is 4.58. The lowest BCUT2D eigenvalue weighted by molar-refractivity contribution is 0.324. The maximum atomic E-state index is 13.6. The molecule has 0 aliphatic heterocycles. The van der Waals surface area contributed by atoms with Gasteiger partial charge in [-0.05, 0) is 36.5 Å². The molecule has 0 aliphatic carbocycles. The summed E-state index contributed by atoms with van der Waals surface area (Å²) in [6.45, 7) is 0. The molecule has 2 rings (SSSR count). The second kappa shape index (κ2) is 8.84. The zero-order valence-electron chi connectivity index (χ0n) is 14.0. The third-order valence-corrected chi connectivity index (χ3v) is 3.42. The van der Waals surface area contributed by atoms with Crippen LogP contribution in [0.4, 0.5) is 10.1 Å². The van der Waals surface area contributed by atoms with Crippen LogP contribution >= 0.6 is 12.2 Å². The van der Waals surface area contributed by atoms with Gasteiger partial charge in [-0.3, -0.25) is 5.43 Å². The number of rotatable bonds is 6. The number of methoxy groups -OCH3 is 3. The van der Waals surface area contributed by atoms with Crippen LogP contribution in [0.25, 0.3) is 0 Å². The number of thiocarbonyl (C=S) groups is 1. The van der Waals surface area contributed by atoms with E-state index in [1.165, 1.54) is 26.5 Å². The van der Waals surface area contributed by atoms with Crippen LogP contribution in [0, 0.1) is 5.82 Å². The number of anilines is 1. The first-order chi connectivity index (χ1) is 12.1. The van der Waals surface area contributed by atoms with E-state index < -0.39 is 5.82 Å². The molecule has 0 unspecified atom stereocenters. The fraction of sp³-hybridized carbons (Fsp3) is 0.176. The van der Waals surface area contributed by atoms with E-state index in [9.17, 15) is 4.39 Å². The molecule has 0 fully saturated rings. The molecule has 0 amide bonds. The number of ether oxygens (including phenoxy) is 3. The molecule has 0 heterocycles. The summed E-state index contributed by atoms with van der Waals surface area (Å²) in [5, 5.41) is 6.90. The smallest absolute Gasteiger partial charge is 0.203 e. The predicted octanol–water partition coefficient (Wildman–Crippen LogP) is 3.17. The number of nitrogens with one attached hydrogen (secondary N) is 2. The van der Waals surface area contributed by atoms with Gasteiger partial charge in [-0.25, -0.2) is 4.39 Å². The van der Waals surface area contributed by atoms with Crippen LogP contribution in [-0.4, -0.2) is 32.7 Å². The lowest BCUT2D eigenvalue weighted by Gasteiger charge is -2.13. The Morgan fingerprint density at radius 3 is 2.40 bits per heavy atom. The van der Waals surface area contributed by atoms with Crippen molar-refractivity contribution < 1.29 is 18.6 Å². The maximum absolute atomic E-state index is 13.6. The molecule has 8 heteroatoms. The molecule has 0 aromatic heterocycles. The van der Waals surface area contributed by atoms with Gasteiger partial charge in [0, 0.05) is 5.56 Å². The zero-order chi connectivity index (χ0) is 18.2. The predicted molar refractivity (Wildman–Crippen MR) is 99.4 cm³/mol. The van der Waals surface area contributed by atoms with Crippen LogP contribution < -0.4 is 25.0 Å². The molecule has 6 nitrogen and oxygen atoms in total. The van der Waals surface area contributed by atoms with E-state index in [1.807, 2.05) is 0 Å². The van der Waals surface area contributed by atoms with Gasteiger partial charge in [0.05, 0.1) is 33.2 Å². The summed E-state index contributed by atoms with van der Waals surface area (Å²) in [5.74, 6) is 1.07. The van der Waals surface area contributed by atoms with Crippen molar-refractivity contribution in [3.05, 3.63) is 47.8 Å². The van der Waals surface area contributed by atoms with Crippen molar-refractivity contribution in [3.63, 3.8) is 0 Å². The Kier molecular flexibility index (Phi) is 6.53. The molecule has 0 spiro atoms. The second-order valence-corrected chi connectivity index (χ2v) is 5.14. The number of halogens is 1. The van der Waals surface area contributed by atoms with Gasteiger partial charge in [0.25, 0.3) is 0 Å². The zero-order valence-corrected chi connectivity index (χ0v) is 14.8. The minimum Gasteiger partial charge on any atom is -0.493 e. The number of para-hydroxylation sites is 1. The van der Waals surface area contributed by atoms with E-state index in [2.05, 4.69) is 15.8 Å². The Balaban J connectivity index is 2.09. The first-order valence-corrected chi connectivity index (χ1v) is 7.65. The molecule has 0 aliphatic rings. The fourth-order valence-corrected chi connectivity index (χ4v) is 2.26. The minimum absolute atomic E-state index is 0.154. The molecule has 132 valence electrons. The number of hydrazone groups is 1. The van der Waals surface area contributed by atoms with Crippen molar-refractivity contribution in [2.45, 2.75) is 0 Å². The highest BCUT2D eigenvalue weighted by Gasteiger charge is 2.14. The van der Waals surface area contributed by atoms with E-state index in [1.54, 1.807) is 37.4 Å². The molecule has 2 aromatic rings. The van der Waals surface area contributed by atoms with E-state index in [4.69, 9.17) is 26.4 Å². The molecule has 0 bridgehead atoms. The van der Waals surface area contributed by atoms with Gasteiger partial charge in [-0.1, -0.05) is 12.1 Å². The van der Waals surface area contributed by atoms with E-state index in [0.717, 1.165) is 0 Å². The molecule has 0 saturated heterocycles. The second-order valence-electron chi connectivity index (χ2n) is 4.73. The van der Waals surface area contributed by atoms with E-state index in [-0.39, 0.29) is 10.8 Å². The van der Waals surface area contributed by atoms with Crippen molar-refractivity contribution >= 4 is 29.2 Å². The highest BCUT2D eigenvalue weighted by atomic mass is 32.1. The molecule has 25 heavy (non-hydrogen) atoms. The van der Waals surface area contributed by atoms with Crippen LogP contribution in [-0.2, 0) is 0 Å². The number of benzene rings is 2. The average molecular weight is 363 g/mol. The van der Waals surface area contributed by atoms with Crippen LogP contribution in [0.5, 0.6) is 17.2 Å². The SMILES string of the molecule is COc1ccc(/C=N\NC(=S)Nc2ccccc2F)c(OC)c1OC. The average Bonchev–Trinajstić information content (AvgIpc) is 2.62. The number of hydrogen-bond donors (Lipinski definition) is 2. The number of hydrogen-bond acceptors (Lipinski definition) is 5. The summed E-state index contributed by atoms with van der Waals surface area (Å²) >= 11 is 5.08. The van der Waals surface area contributed by atoms with Gasteiger partial charge in [0.2, 0.25) is 5.75 Å². The van der Waals surface area contributed by atoms with Gasteiger partial charge < -0.3 is 19.5 Å². The van der Waals surface area contributed by atoms with Crippen molar-refractivity contribution in [1.82, 2.24) is 5.43 Å². The summed E-state index contributed by atoms with van der Waals surface area (Å²) in [6.07, 6.45) is 1.51. The van der Waals surface area contributed by atoms with Crippen molar-refractivity contribution in [3.8, 4) is 17.2 Å². The Bertz CT molecular complexity index is 784.